The van der Waals surface area contributed by atoms with E-state index in [0.717, 1.165) is 37.2 Å². The van der Waals surface area contributed by atoms with Crippen LogP contribution in [0.2, 0.25) is 5.02 Å². The predicted molar refractivity (Wildman–Crippen MR) is 105 cm³/mol. The van der Waals surface area contributed by atoms with Crippen molar-refractivity contribution in [2.45, 2.75) is 18.9 Å². The Morgan fingerprint density at radius 2 is 2.20 bits per heavy atom. The first kappa shape index (κ1) is 21.8. The molecule has 3 rings (SSSR count). The Hall–Kier alpha value is -1.27. The highest BCUT2D eigenvalue weighted by molar-refractivity contribution is 6.30. The van der Waals surface area contributed by atoms with Gasteiger partial charge in [0, 0.05) is 44.3 Å². The van der Waals surface area contributed by atoms with E-state index in [9.17, 15) is 4.79 Å². The fourth-order valence-electron chi connectivity index (χ4n) is 3.01. The summed E-state index contributed by atoms with van der Waals surface area (Å²) in [6.07, 6.45) is 5.00. The molecule has 1 aromatic carbocycles. The Labute approximate surface area is 165 Å². The molecular formula is C17H23Cl3N4O. The molecule has 0 saturated carbocycles. The Morgan fingerprint density at radius 3 is 2.88 bits per heavy atom. The van der Waals surface area contributed by atoms with Gasteiger partial charge in [-0.3, -0.25) is 9.48 Å². The summed E-state index contributed by atoms with van der Waals surface area (Å²) in [4.78, 5) is 14.7. The first-order valence-electron chi connectivity index (χ1n) is 7.86. The van der Waals surface area contributed by atoms with Crippen molar-refractivity contribution in [3.8, 4) is 0 Å². The first-order chi connectivity index (χ1) is 11.1. The van der Waals surface area contributed by atoms with Gasteiger partial charge in [0.25, 0.3) is 0 Å². The Balaban J connectivity index is 0.00000156. The number of hydrogen-bond acceptors (Lipinski definition) is 3. The van der Waals surface area contributed by atoms with E-state index < -0.39 is 0 Å². The van der Waals surface area contributed by atoms with E-state index in [4.69, 9.17) is 11.6 Å². The van der Waals surface area contributed by atoms with Gasteiger partial charge >= 0.3 is 0 Å². The van der Waals surface area contributed by atoms with Gasteiger partial charge in [0.1, 0.15) is 0 Å². The maximum Gasteiger partial charge on any atom is 0.223 e. The molecule has 0 aliphatic carbocycles. The predicted octanol–water partition coefficient (Wildman–Crippen LogP) is 3.02. The molecule has 1 aromatic heterocycles. The highest BCUT2D eigenvalue weighted by Crippen LogP contribution is 2.25. The van der Waals surface area contributed by atoms with Gasteiger partial charge in [-0.25, -0.2) is 0 Å². The summed E-state index contributed by atoms with van der Waals surface area (Å²) in [6, 6.07) is 7.82. The zero-order valence-electron chi connectivity index (χ0n) is 14.0. The molecular weight excluding hydrogens is 383 g/mol. The molecule has 2 heterocycles. The minimum Gasteiger partial charge on any atom is -0.333 e. The maximum atomic E-state index is 12.7. The van der Waals surface area contributed by atoms with Crippen molar-refractivity contribution in [3.63, 3.8) is 0 Å². The average Bonchev–Trinajstić information content (AvgIpc) is 2.98. The molecule has 1 aliphatic rings. The van der Waals surface area contributed by atoms with Crippen molar-refractivity contribution in [1.29, 1.82) is 0 Å². The number of aryl methyl sites for hydroxylation is 2. The number of carbonyl (C=O) groups is 1. The minimum atomic E-state index is 0. The van der Waals surface area contributed by atoms with Crippen LogP contribution in [0.5, 0.6) is 0 Å². The number of carbonyl (C=O) groups excluding carboxylic acids is 1. The number of nitrogens with one attached hydrogen (secondary N) is 1. The molecule has 0 spiro atoms. The molecule has 5 nitrogen and oxygen atoms in total. The lowest BCUT2D eigenvalue weighted by molar-refractivity contribution is -0.134. The lowest BCUT2D eigenvalue weighted by atomic mass is 10.0. The quantitative estimate of drug-likeness (QED) is 0.850. The molecule has 25 heavy (non-hydrogen) atoms. The van der Waals surface area contributed by atoms with Crippen LogP contribution in [0.4, 0.5) is 0 Å². The van der Waals surface area contributed by atoms with Crippen molar-refractivity contribution in [3.05, 3.63) is 52.8 Å². The van der Waals surface area contributed by atoms with E-state index in [0.29, 0.717) is 11.4 Å². The molecule has 138 valence electrons. The summed E-state index contributed by atoms with van der Waals surface area (Å²) in [5.74, 6) is 0.181. The summed E-state index contributed by atoms with van der Waals surface area (Å²) in [6.45, 7) is 2.32. The van der Waals surface area contributed by atoms with Crippen LogP contribution in [0, 0.1) is 0 Å². The lowest BCUT2D eigenvalue weighted by Crippen LogP contribution is -2.48. The highest BCUT2D eigenvalue weighted by Gasteiger charge is 2.27. The average molecular weight is 406 g/mol. The molecule has 1 N–H and O–H groups in total. The second-order valence-electron chi connectivity index (χ2n) is 5.88. The second kappa shape index (κ2) is 10.0. The normalized spacial score (nSPS) is 16.7. The summed E-state index contributed by atoms with van der Waals surface area (Å²) in [7, 11) is 1.89. The zero-order chi connectivity index (χ0) is 16.2. The van der Waals surface area contributed by atoms with Gasteiger partial charge in [-0.15, -0.1) is 24.8 Å². The van der Waals surface area contributed by atoms with Crippen molar-refractivity contribution >= 4 is 42.3 Å². The summed E-state index contributed by atoms with van der Waals surface area (Å²) in [5, 5.41) is 8.22. The SMILES string of the molecule is Cl.Cl.Cn1cc(CCC(=O)N2CCNCC2c2cccc(Cl)c2)cn1. The van der Waals surface area contributed by atoms with E-state index in [1.165, 1.54) is 0 Å². The Morgan fingerprint density at radius 1 is 1.40 bits per heavy atom. The highest BCUT2D eigenvalue weighted by atomic mass is 35.5. The number of aromatic nitrogens is 2. The Kier molecular flexibility index (Phi) is 8.73. The summed E-state index contributed by atoms with van der Waals surface area (Å²) < 4.78 is 1.76. The van der Waals surface area contributed by atoms with Crippen LogP contribution in [-0.2, 0) is 18.3 Å². The van der Waals surface area contributed by atoms with Crippen LogP contribution in [0.15, 0.2) is 36.7 Å². The fraction of sp³-hybridized carbons (Fsp3) is 0.412. The number of hydrogen-bond donors (Lipinski definition) is 1. The molecule has 8 heteroatoms. The van der Waals surface area contributed by atoms with Gasteiger partial charge in [-0.2, -0.15) is 5.10 Å². The van der Waals surface area contributed by atoms with E-state index in [-0.39, 0.29) is 36.8 Å². The molecule has 0 bridgehead atoms. The van der Waals surface area contributed by atoms with Gasteiger partial charge < -0.3 is 10.2 Å². The van der Waals surface area contributed by atoms with Crippen molar-refractivity contribution < 1.29 is 4.79 Å². The molecule has 1 fully saturated rings. The third-order valence-corrected chi connectivity index (χ3v) is 4.42. The summed E-state index contributed by atoms with van der Waals surface area (Å²) in [5.41, 5.74) is 2.18. The number of nitrogens with zero attached hydrogens (tertiary/aromatic N) is 3. The molecule has 1 saturated heterocycles. The van der Waals surface area contributed by atoms with Crippen LogP contribution in [-0.4, -0.2) is 40.2 Å². The smallest absolute Gasteiger partial charge is 0.223 e. The van der Waals surface area contributed by atoms with Gasteiger partial charge in [0.2, 0.25) is 5.91 Å². The van der Waals surface area contributed by atoms with E-state index >= 15 is 0 Å². The monoisotopic (exact) mass is 404 g/mol. The first-order valence-corrected chi connectivity index (χ1v) is 8.24. The van der Waals surface area contributed by atoms with E-state index in [2.05, 4.69) is 10.4 Å². The topological polar surface area (TPSA) is 50.2 Å². The fourth-order valence-corrected chi connectivity index (χ4v) is 3.21. The molecule has 1 unspecified atom stereocenters. The van der Waals surface area contributed by atoms with Gasteiger partial charge in [-0.05, 0) is 29.7 Å². The van der Waals surface area contributed by atoms with Gasteiger partial charge in [-0.1, -0.05) is 23.7 Å². The van der Waals surface area contributed by atoms with Crippen molar-refractivity contribution in [2.75, 3.05) is 19.6 Å². The van der Waals surface area contributed by atoms with Crippen molar-refractivity contribution in [2.24, 2.45) is 7.05 Å². The van der Waals surface area contributed by atoms with Crippen LogP contribution in [0.1, 0.15) is 23.6 Å². The van der Waals surface area contributed by atoms with Crippen LogP contribution < -0.4 is 5.32 Å². The zero-order valence-corrected chi connectivity index (χ0v) is 16.4. The molecule has 1 amide bonds. The maximum absolute atomic E-state index is 12.7. The van der Waals surface area contributed by atoms with Gasteiger partial charge in [0.05, 0.1) is 12.2 Å². The number of amides is 1. The Bertz CT molecular complexity index is 692. The number of rotatable bonds is 4. The van der Waals surface area contributed by atoms with Crippen molar-refractivity contribution in [1.82, 2.24) is 20.0 Å². The largest absolute Gasteiger partial charge is 0.333 e. The number of piperazine rings is 1. The molecule has 1 atom stereocenters. The van der Waals surface area contributed by atoms with Gasteiger partial charge in [0.15, 0.2) is 0 Å². The second-order valence-corrected chi connectivity index (χ2v) is 6.32. The summed E-state index contributed by atoms with van der Waals surface area (Å²) >= 11 is 6.10. The lowest BCUT2D eigenvalue weighted by Gasteiger charge is -2.36. The van der Waals surface area contributed by atoms with E-state index in [1.54, 1.807) is 4.68 Å². The minimum absolute atomic E-state index is 0. The van der Waals surface area contributed by atoms with Crippen LogP contribution in [0.25, 0.3) is 0 Å². The van der Waals surface area contributed by atoms with Crippen LogP contribution >= 0.6 is 36.4 Å². The van der Waals surface area contributed by atoms with Crippen LogP contribution in [0.3, 0.4) is 0 Å². The third-order valence-electron chi connectivity index (χ3n) is 4.18. The third kappa shape index (κ3) is 5.61. The van der Waals surface area contributed by atoms with E-state index in [1.807, 2.05) is 48.6 Å². The number of halogens is 3. The standard InChI is InChI=1S/C17H21ClN4O.2ClH/c1-21-12-13(10-20-21)5-6-17(23)22-8-7-19-11-16(22)14-3-2-4-15(18)9-14;;/h2-4,9-10,12,16,19H,5-8,11H2,1H3;2*1H. The molecule has 2 aromatic rings. The number of benzene rings is 1. The molecule has 0 radical (unpaired) electrons. The molecule has 1 aliphatic heterocycles.